The lowest BCUT2D eigenvalue weighted by molar-refractivity contribution is -0.136. The molecule has 6 heteroatoms. The minimum Gasteiger partial charge on any atom is -0.481 e. The predicted octanol–water partition coefficient (Wildman–Crippen LogP) is 3.97. The summed E-state index contributed by atoms with van der Waals surface area (Å²) in [6, 6.07) is 9.67. The molecule has 0 fully saturated rings. The van der Waals surface area contributed by atoms with E-state index in [1.54, 1.807) is 6.08 Å². The molecule has 1 heterocycles. The first kappa shape index (κ1) is 15.5. The largest absolute Gasteiger partial charge is 0.481 e. The van der Waals surface area contributed by atoms with E-state index >= 15 is 0 Å². The van der Waals surface area contributed by atoms with Crippen molar-refractivity contribution in [2.45, 2.75) is 12.8 Å². The molecule has 1 aromatic heterocycles. The van der Waals surface area contributed by atoms with Crippen LogP contribution in [-0.4, -0.2) is 21.0 Å². The average Bonchev–Trinajstić information content (AvgIpc) is 2.45. The number of carboxylic acids is 1. The van der Waals surface area contributed by atoms with Crippen LogP contribution in [-0.2, 0) is 11.2 Å². The van der Waals surface area contributed by atoms with E-state index in [4.69, 9.17) is 28.3 Å². The van der Waals surface area contributed by atoms with Crippen molar-refractivity contribution in [3.8, 4) is 0 Å². The maximum atomic E-state index is 10.6. The highest BCUT2D eigenvalue weighted by molar-refractivity contribution is 6.34. The van der Waals surface area contributed by atoms with Crippen LogP contribution in [0.15, 0.2) is 30.3 Å². The van der Waals surface area contributed by atoms with Crippen molar-refractivity contribution in [1.29, 1.82) is 0 Å². The SMILES string of the molecule is O=C(O)CCc1c(Cl)nc(/C=C/c2ccccc2)nc1Cl. The van der Waals surface area contributed by atoms with Gasteiger partial charge in [-0.15, -0.1) is 0 Å². The van der Waals surface area contributed by atoms with Gasteiger partial charge in [-0.3, -0.25) is 4.79 Å². The van der Waals surface area contributed by atoms with Crippen molar-refractivity contribution in [2.24, 2.45) is 0 Å². The van der Waals surface area contributed by atoms with Crippen molar-refractivity contribution in [3.05, 3.63) is 57.6 Å². The molecule has 0 aliphatic heterocycles. The molecule has 0 bridgehead atoms. The lowest BCUT2D eigenvalue weighted by atomic mass is 10.2. The molecule has 0 saturated carbocycles. The Hall–Kier alpha value is -1.91. The number of hydrogen-bond donors (Lipinski definition) is 1. The Kier molecular flexibility index (Phi) is 5.31. The van der Waals surface area contributed by atoms with Gasteiger partial charge in [-0.1, -0.05) is 59.6 Å². The summed E-state index contributed by atoms with van der Waals surface area (Å²) in [5.74, 6) is -0.539. The van der Waals surface area contributed by atoms with Crippen LogP contribution in [0.5, 0.6) is 0 Å². The summed E-state index contributed by atoms with van der Waals surface area (Å²) >= 11 is 12.1. The number of nitrogens with zero attached hydrogens (tertiary/aromatic N) is 2. The number of halogens is 2. The Morgan fingerprint density at radius 1 is 1.10 bits per heavy atom. The van der Waals surface area contributed by atoms with E-state index in [0.717, 1.165) is 5.56 Å². The number of benzene rings is 1. The molecule has 0 aliphatic carbocycles. The number of rotatable bonds is 5. The van der Waals surface area contributed by atoms with Crippen LogP contribution in [0.3, 0.4) is 0 Å². The average molecular weight is 323 g/mol. The minimum atomic E-state index is -0.921. The van der Waals surface area contributed by atoms with Crippen LogP contribution in [0.25, 0.3) is 12.2 Å². The summed E-state index contributed by atoms with van der Waals surface area (Å²) in [5.41, 5.74) is 1.46. The van der Waals surface area contributed by atoms with Crippen molar-refractivity contribution in [3.63, 3.8) is 0 Å². The van der Waals surface area contributed by atoms with E-state index < -0.39 is 5.97 Å². The monoisotopic (exact) mass is 322 g/mol. The first-order valence-electron chi connectivity index (χ1n) is 6.23. The Balaban J connectivity index is 2.19. The number of aliphatic carboxylic acids is 1. The lowest BCUT2D eigenvalue weighted by Crippen LogP contribution is -2.02. The summed E-state index contributed by atoms with van der Waals surface area (Å²) in [6.07, 6.45) is 3.69. The molecule has 2 aromatic rings. The third-order valence-corrected chi connectivity index (χ3v) is 3.36. The molecule has 0 spiro atoms. The molecule has 2 rings (SSSR count). The molecule has 108 valence electrons. The normalized spacial score (nSPS) is 11.0. The standard InChI is InChI=1S/C15H12Cl2N2O2/c16-14-11(7-9-13(20)21)15(17)19-12(18-14)8-6-10-4-2-1-3-5-10/h1-6,8H,7,9H2,(H,20,21)/b8-6+. The molecule has 4 nitrogen and oxygen atoms in total. The summed E-state index contributed by atoms with van der Waals surface area (Å²) in [5, 5.41) is 9.05. The van der Waals surface area contributed by atoms with E-state index in [-0.39, 0.29) is 23.1 Å². The van der Waals surface area contributed by atoms with E-state index in [0.29, 0.717) is 11.4 Å². The molecule has 0 aliphatic rings. The fraction of sp³-hybridized carbons (Fsp3) is 0.133. The van der Waals surface area contributed by atoms with Crippen LogP contribution in [0, 0.1) is 0 Å². The molecule has 0 amide bonds. The summed E-state index contributed by atoms with van der Waals surface area (Å²) in [7, 11) is 0. The van der Waals surface area contributed by atoms with E-state index in [1.807, 2.05) is 36.4 Å². The van der Waals surface area contributed by atoms with Crippen molar-refractivity contribution in [1.82, 2.24) is 9.97 Å². The van der Waals surface area contributed by atoms with Gasteiger partial charge in [0.2, 0.25) is 0 Å². The molecule has 21 heavy (non-hydrogen) atoms. The van der Waals surface area contributed by atoms with Gasteiger partial charge in [-0.25, -0.2) is 9.97 Å². The van der Waals surface area contributed by atoms with Crippen LogP contribution < -0.4 is 0 Å². The number of carbonyl (C=O) groups is 1. The maximum absolute atomic E-state index is 10.6. The third-order valence-electron chi connectivity index (χ3n) is 2.74. The minimum absolute atomic E-state index is 0.0675. The summed E-state index contributed by atoms with van der Waals surface area (Å²) in [6.45, 7) is 0. The molecule has 0 unspecified atom stereocenters. The maximum Gasteiger partial charge on any atom is 0.303 e. The highest BCUT2D eigenvalue weighted by atomic mass is 35.5. The first-order chi connectivity index (χ1) is 10.1. The van der Waals surface area contributed by atoms with Gasteiger partial charge in [0.05, 0.1) is 0 Å². The fourth-order valence-corrected chi connectivity index (χ4v) is 2.28. The second kappa shape index (κ2) is 7.20. The van der Waals surface area contributed by atoms with E-state index in [9.17, 15) is 4.79 Å². The smallest absolute Gasteiger partial charge is 0.303 e. The predicted molar refractivity (Wildman–Crippen MR) is 83.4 cm³/mol. The Labute approximate surface area is 132 Å². The lowest BCUT2D eigenvalue weighted by Gasteiger charge is -2.05. The highest BCUT2D eigenvalue weighted by Crippen LogP contribution is 2.23. The number of hydrogen-bond acceptors (Lipinski definition) is 3. The van der Waals surface area contributed by atoms with Crippen LogP contribution >= 0.6 is 23.2 Å². The topological polar surface area (TPSA) is 63.1 Å². The summed E-state index contributed by atoms with van der Waals surface area (Å²) < 4.78 is 0. The molecular formula is C15H12Cl2N2O2. The Morgan fingerprint density at radius 3 is 2.29 bits per heavy atom. The Morgan fingerprint density at radius 2 is 1.71 bits per heavy atom. The zero-order valence-electron chi connectivity index (χ0n) is 11.0. The molecule has 0 atom stereocenters. The molecule has 1 N–H and O–H groups in total. The molecule has 0 saturated heterocycles. The van der Waals surface area contributed by atoms with Crippen molar-refractivity contribution < 1.29 is 9.90 Å². The number of carboxylic acid groups (broad SMARTS) is 1. The van der Waals surface area contributed by atoms with Gasteiger partial charge in [-0.2, -0.15) is 0 Å². The van der Waals surface area contributed by atoms with Gasteiger partial charge in [0.1, 0.15) is 10.3 Å². The van der Waals surface area contributed by atoms with Gasteiger partial charge >= 0.3 is 5.97 Å². The van der Waals surface area contributed by atoms with Crippen LogP contribution in [0.4, 0.5) is 0 Å². The van der Waals surface area contributed by atoms with Crippen LogP contribution in [0.2, 0.25) is 10.3 Å². The quantitative estimate of drug-likeness (QED) is 0.846. The fourth-order valence-electron chi connectivity index (χ4n) is 1.69. The molecule has 1 aromatic carbocycles. The third kappa shape index (κ3) is 4.55. The van der Waals surface area contributed by atoms with Gasteiger partial charge < -0.3 is 5.11 Å². The zero-order chi connectivity index (χ0) is 15.2. The highest BCUT2D eigenvalue weighted by Gasteiger charge is 2.12. The Bertz CT molecular complexity index is 650. The van der Waals surface area contributed by atoms with Gasteiger partial charge in [0, 0.05) is 12.0 Å². The second-order valence-corrected chi connectivity index (χ2v) is 5.00. The molecular weight excluding hydrogens is 311 g/mol. The molecule has 0 radical (unpaired) electrons. The number of aromatic nitrogens is 2. The van der Waals surface area contributed by atoms with Gasteiger partial charge in [0.15, 0.2) is 5.82 Å². The van der Waals surface area contributed by atoms with Crippen molar-refractivity contribution in [2.75, 3.05) is 0 Å². The first-order valence-corrected chi connectivity index (χ1v) is 6.98. The second-order valence-electron chi connectivity index (χ2n) is 4.28. The zero-order valence-corrected chi connectivity index (χ0v) is 12.5. The summed E-state index contributed by atoms with van der Waals surface area (Å²) in [4.78, 5) is 18.8. The van der Waals surface area contributed by atoms with E-state index in [1.165, 1.54) is 0 Å². The van der Waals surface area contributed by atoms with Crippen LogP contribution in [0.1, 0.15) is 23.4 Å². The van der Waals surface area contributed by atoms with Crippen molar-refractivity contribution >= 4 is 41.3 Å². The van der Waals surface area contributed by atoms with Gasteiger partial charge in [0.25, 0.3) is 0 Å². The van der Waals surface area contributed by atoms with E-state index in [2.05, 4.69) is 9.97 Å². The van der Waals surface area contributed by atoms with Gasteiger partial charge in [-0.05, 0) is 18.1 Å².